The molecule has 0 radical (unpaired) electrons. The number of methoxy groups -OCH3 is 1. The maximum atomic E-state index is 13.3. The van der Waals surface area contributed by atoms with Crippen LogP contribution in [0.5, 0.6) is 5.75 Å². The van der Waals surface area contributed by atoms with Crippen LogP contribution in [0.2, 0.25) is 0 Å². The standard InChI is InChI=1S/C22H25N3O5/c1-13-11-16-19(18-15-12-14(30-2)3-4-17(15)23-20(13)18)22(29)25(21(16)28)6-5-24(7-9-26)8-10-27/h3-4,11-12,23,26-27H,5-10H2,1-2H3. The monoisotopic (exact) mass is 411 g/mol. The molecule has 1 aromatic heterocycles. The first-order chi connectivity index (χ1) is 14.5. The van der Waals surface area contributed by atoms with Gasteiger partial charge in [-0.25, -0.2) is 0 Å². The van der Waals surface area contributed by atoms with Crippen molar-refractivity contribution in [2.24, 2.45) is 0 Å². The van der Waals surface area contributed by atoms with Crippen molar-refractivity contribution >= 4 is 33.6 Å². The third kappa shape index (κ3) is 3.23. The van der Waals surface area contributed by atoms with Crippen molar-refractivity contribution in [3.8, 4) is 5.75 Å². The number of hydrogen-bond acceptors (Lipinski definition) is 6. The minimum atomic E-state index is -0.323. The normalized spacial score (nSPS) is 13.8. The zero-order valence-corrected chi connectivity index (χ0v) is 17.1. The van der Waals surface area contributed by atoms with E-state index < -0.39 is 0 Å². The van der Waals surface area contributed by atoms with E-state index in [0.717, 1.165) is 27.4 Å². The van der Waals surface area contributed by atoms with E-state index in [2.05, 4.69) is 4.98 Å². The summed E-state index contributed by atoms with van der Waals surface area (Å²) in [4.78, 5) is 32.8. The van der Waals surface area contributed by atoms with E-state index in [1.165, 1.54) is 4.90 Å². The van der Waals surface area contributed by atoms with Crippen molar-refractivity contribution in [2.75, 3.05) is 46.5 Å². The first kappa shape index (κ1) is 20.3. The second-order valence-electron chi connectivity index (χ2n) is 7.45. The maximum absolute atomic E-state index is 13.3. The summed E-state index contributed by atoms with van der Waals surface area (Å²) in [6.07, 6.45) is 0. The number of aliphatic hydroxyl groups is 2. The lowest BCUT2D eigenvalue weighted by molar-refractivity contribution is 0.0628. The molecule has 0 saturated heterocycles. The Labute approximate surface area is 173 Å². The van der Waals surface area contributed by atoms with Gasteiger partial charge in [-0.05, 0) is 36.8 Å². The number of hydrogen-bond donors (Lipinski definition) is 3. The summed E-state index contributed by atoms with van der Waals surface area (Å²) in [6, 6.07) is 7.40. The number of benzene rings is 2. The first-order valence-corrected chi connectivity index (χ1v) is 9.93. The number of H-pyrrole nitrogens is 1. The zero-order chi connectivity index (χ0) is 21.4. The molecule has 3 N–H and O–H groups in total. The summed E-state index contributed by atoms with van der Waals surface area (Å²) in [7, 11) is 1.59. The molecule has 8 heteroatoms. The summed E-state index contributed by atoms with van der Waals surface area (Å²) in [6.45, 7) is 3.12. The summed E-state index contributed by atoms with van der Waals surface area (Å²) in [5.41, 5.74) is 3.42. The molecule has 30 heavy (non-hydrogen) atoms. The Balaban J connectivity index is 1.77. The van der Waals surface area contributed by atoms with Crippen LogP contribution in [0, 0.1) is 6.92 Å². The third-order valence-electron chi connectivity index (χ3n) is 5.69. The Kier molecular flexibility index (Phi) is 5.46. The molecule has 2 heterocycles. The molecule has 2 aromatic carbocycles. The number of carbonyl (C=O) groups is 2. The van der Waals surface area contributed by atoms with Crippen LogP contribution < -0.4 is 4.74 Å². The summed E-state index contributed by atoms with van der Waals surface area (Å²) in [5.74, 6) is 0.0396. The molecular weight excluding hydrogens is 386 g/mol. The lowest BCUT2D eigenvalue weighted by atomic mass is 9.99. The maximum Gasteiger partial charge on any atom is 0.262 e. The molecule has 0 atom stereocenters. The quantitative estimate of drug-likeness (QED) is 0.486. The predicted molar refractivity (Wildman–Crippen MR) is 113 cm³/mol. The molecule has 0 spiro atoms. The molecule has 0 fully saturated rings. The lowest BCUT2D eigenvalue weighted by Crippen LogP contribution is -2.40. The van der Waals surface area contributed by atoms with Crippen molar-refractivity contribution in [1.29, 1.82) is 0 Å². The highest BCUT2D eigenvalue weighted by atomic mass is 16.5. The van der Waals surface area contributed by atoms with Crippen LogP contribution in [0.1, 0.15) is 26.3 Å². The second kappa shape index (κ2) is 8.06. The number of carbonyl (C=O) groups excluding carboxylic acids is 2. The largest absolute Gasteiger partial charge is 0.497 e. The highest BCUT2D eigenvalue weighted by molar-refractivity contribution is 6.30. The Hall–Kier alpha value is -2.94. The van der Waals surface area contributed by atoms with Crippen LogP contribution in [0.3, 0.4) is 0 Å². The van der Waals surface area contributed by atoms with Crippen LogP contribution in [-0.4, -0.2) is 83.3 Å². The van der Waals surface area contributed by atoms with E-state index in [9.17, 15) is 19.8 Å². The van der Waals surface area contributed by atoms with Gasteiger partial charge in [0.05, 0.1) is 37.0 Å². The average Bonchev–Trinajstić information content (AvgIpc) is 3.22. The number of rotatable bonds is 8. The van der Waals surface area contributed by atoms with Gasteiger partial charge in [-0.3, -0.25) is 19.4 Å². The van der Waals surface area contributed by atoms with Crippen LogP contribution in [-0.2, 0) is 0 Å². The number of amides is 2. The van der Waals surface area contributed by atoms with Gasteiger partial charge in [-0.2, -0.15) is 0 Å². The molecule has 8 nitrogen and oxygen atoms in total. The molecule has 1 aliphatic heterocycles. The lowest BCUT2D eigenvalue weighted by Gasteiger charge is -2.23. The van der Waals surface area contributed by atoms with Gasteiger partial charge in [0, 0.05) is 42.5 Å². The molecular formula is C22H25N3O5. The van der Waals surface area contributed by atoms with E-state index >= 15 is 0 Å². The first-order valence-electron chi connectivity index (χ1n) is 9.93. The number of nitrogens with one attached hydrogen (secondary N) is 1. The van der Waals surface area contributed by atoms with Crippen LogP contribution in [0.4, 0.5) is 0 Å². The number of aromatic nitrogens is 1. The molecule has 0 unspecified atom stereocenters. The highest BCUT2D eigenvalue weighted by Gasteiger charge is 2.38. The van der Waals surface area contributed by atoms with E-state index in [1.807, 2.05) is 30.0 Å². The fourth-order valence-electron chi connectivity index (χ4n) is 4.18. The number of ether oxygens (including phenoxy) is 1. The molecule has 2 amide bonds. The van der Waals surface area contributed by atoms with E-state index in [4.69, 9.17) is 4.74 Å². The average molecular weight is 411 g/mol. The Morgan fingerprint density at radius 1 is 1.07 bits per heavy atom. The van der Waals surface area contributed by atoms with Crippen molar-refractivity contribution < 1.29 is 24.5 Å². The molecule has 0 bridgehead atoms. The molecule has 1 aliphatic rings. The second-order valence-corrected chi connectivity index (χ2v) is 7.45. The van der Waals surface area contributed by atoms with E-state index in [-0.39, 0.29) is 31.6 Å². The van der Waals surface area contributed by atoms with Crippen LogP contribution in [0.25, 0.3) is 21.8 Å². The van der Waals surface area contributed by atoms with Gasteiger partial charge in [-0.1, -0.05) is 0 Å². The third-order valence-corrected chi connectivity index (χ3v) is 5.69. The van der Waals surface area contributed by atoms with Crippen molar-refractivity contribution in [3.05, 3.63) is 41.0 Å². The molecule has 158 valence electrons. The Bertz CT molecular complexity index is 1130. The van der Waals surface area contributed by atoms with Gasteiger partial charge in [0.2, 0.25) is 0 Å². The predicted octanol–water partition coefficient (Wildman–Crippen LogP) is 1.52. The number of aryl methyl sites for hydroxylation is 1. The number of nitrogens with zero attached hydrogens (tertiary/aromatic N) is 2. The molecule has 0 aliphatic carbocycles. The van der Waals surface area contributed by atoms with Gasteiger partial charge < -0.3 is 19.9 Å². The fourth-order valence-corrected chi connectivity index (χ4v) is 4.18. The van der Waals surface area contributed by atoms with Crippen molar-refractivity contribution in [1.82, 2.24) is 14.8 Å². The van der Waals surface area contributed by atoms with Crippen LogP contribution >= 0.6 is 0 Å². The topological polar surface area (TPSA) is 106 Å². The van der Waals surface area contributed by atoms with Crippen molar-refractivity contribution in [3.63, 3.8) is 0 Å². The van der Waals surface area contributed by atoms with Gasteiger partial charge in [0.15, 0.2) is 0 Å². The van der Waals surface area contributed by atoms with E-state index in [0.29, 0.717) is 36.5 Å². The van der Waals surface area contributed by atoms with Crippen LogP contribution in [0.15, 0.2) is 24.3 Å². The molecule has 4 rings (SSSR count). The van der Waals surface area contributed by atoms with Gasteiger partial charge >= 0.3 is 0 Å². The van der Waals surface area contributed by atoms with Crippen molar-refractivity contribution in [2.45, 2.75) is 6.92 Å². The Morgan fingerprint density at radius 3 is 2.47 bits per heavy atom. The summed E-state index contributed by atoms with van der Waals surface area (Å²) >= 11 is 0. The van der Waals surface area contributed by atoms with Gasteiger partial charge in [-0.15, -0.1) is 0 Å². The number of aliphatic hydroxyl groups excluding tert-OH is 2. The van der Waals surface area contributed by atoms with Gasteiger partial charge in [0.25, 0.3) is 11.8 Å². The van der Waals surface area contributed by atoms with E-state index in [1.54, 1.807) is 13.2 Å². The number of imide groups is 1. The number of fused-ring (bicyclic) bond motifs is 5. The minimum absolute atomic E-state index is 0.0564. The Morgan fingerprint density at radius 2 is 1.80 bits per heavy atom. The fraction of sp³-hybridized carbons (Fsp3) is 0.364. The number of aromatic amines is 1. The molecule has 3 aromatic rings. The summed E-state index contributed by atoms with van der Waals surface area (Å²) in [5, 5.41) is 20.0. The molecule has 0 saturated carbocycles. The zero-order valence-electron chi connectivity index (χ0n) is 17.1. The smallest absolute Gasteiger partial charge is 0.262 e. The highest BCUT2D eigenvalue weighted by Crippen LogP contribution is 2.38. The minimum Gasteiger partial charge on any atom is -0.497 e. The van der Waals surface area contributed by atoms with Gasteiger partial charge in [0.1, 0.15) is 5.75 Å². The summed E-state index contributed by atoms with van der Waals surface area (Å²) < 4.78 is 5.35. The SMILES string of the molecule is COc1ccc2[nH]c3c(C)cc4c(c3c2c1)C(=O)N(CCN(CCO)CCO)C4=O.